The molecule has 0 spiro atoms. The van der Waals surface area contributed by atoms with E-state index < -0.39 is 0 Å². The average Bonchev–Trinajstić information content (AvgIpc) is 3.34. The first kappa shape index (κ1) is 22.6. The van der Waals surface area contributed by atoms with Crippen LogP contribution in [-0.2, 0) is 0 Å². The van der Waals surface area contributed by atoms with Crippen molar-refractivity contribution in [2.24, 2.45) is 0 Å². The van der Waals surface area contributed by atoms with Crippen LogP contribution in [0.25, 0.3) is 49.0 Å². The molecule has 2 heteroatoms. The number of hydrogen-bond donors (Lipinski definition) is 0. The summed E-state index contributed by atoms with van der Waals surface area (Å²) < 4.78 is 2.43. The minimum atomic E-state index is 1.14. The van der Waals surface area contributed by atoms with E-state index in [2.05, 4.69) is 167 Å². The number of rotatable bonds is 4. The molecule has 1 aromatic heterocycles. The normalized spacial score (nSPS) is 11.5. The highest BCUT2D eigenvalue weighted by Gasteiger charge is 2.18. The molecular formula is C38H26N2. The maximum atomic E-state index is 2.43. The van der Waals surface area contributed by atoms with Crippen LogP contribution in [0.1, 0.15) is 0 Å². The van der Waals surface area contributed by atoms with Crippen LogP contribution in [0, 0.1) is 0 Å². The second kappa shape index (κ2) is 9.14. The zero-order chi connectivity index (χ0) is 26.5. The minimum Gasteiger partial charge on any atom is -0.310 e. The lowest BCUT2D eigenvalue weighted by atomic mass is 10.0. The van der Waals surface area contributed by atoms with E-state index in [4.69, 9.17) is 0 Å². The largest absolute Gasteiger partial charge is 0.310 e. The molecule has 0 saturated carbocycles. The summed E-state index contributed by atoms with van der Waals surface area (Å²) in [5.74, 6) is 0. The Kier molecular flexibility index (Phi) is 5.17. The molecule has 0 aliphatic rings. The maximum Gasteiger partial charge on any atom is 0.0542 e. The quantitative estimate of drug-likeness (QED) is 0.214. The van der Waals surface area contributed by atoms with Gasteiger partial charge in [0.15, 0.2) is 0 Å². The van der Waals surface area contributed by atoms with Gasteiger partial charge >= 0.3 is 0 Å². The Labute approximate surface area is 233 Å². The van der Waals surface area contributed by atoms with Crippen molar-refractivity contribution in [1.29, 1.82) is 0 Å². The van der Waals surface area contributed by atoms with Crippen molar-refractivity contribution in [3.05, 3.63) is 158 Å². The maximum absolute atomic E-state index is 2.43. The Balaban J connectivity index is 1.40. The van der Waals surface area contributed by atoms with Gasteiger partial charge in [-0.15, -0.1) is 0 Å². The molecule has 2 nitrogen and oxygen atoms in total. The number of nitrogens with zero attached hydrogens (tertiary/aromatic N) is 2. The van der Waals surface area contributed by atoms with Crippen LogP contribution in [-0.4, -0.2) is 4.57 Å². The van der Waals surface area contributed by atoms with Crippen molar-refractivity contribution in [3.8, 4) is 5.69 Å². The van der Waals surface area contributed by atoms with Crippen molar-refractivity contribution >= 4 is 60.4 Å². The third kappa shape index (κ3) is 3.58. The molecule has 0 saturated heterocycles. The van der Waals surface area contributed by atoms with Crippen LogP contribution in [0.2, 0.25) is 0 Å². The Hall–Kier alpha value is -5.34. The van der Waals surface area contributed by atoms with Crippen LogP contribution in [0.15, 0.2) is 158 Å². The number of aromatic nitrogens is 1. The number of para-hydroxylation sites is 3. The average molecular weight is 511 g/mol. The molecule has 0 radical (unpaired) electrons. The van der Waals surface area contributed by atoms with E-state index in [0.717, 1.165) is 17.1 Å². The lowest BCUT2D eigenvalue weighted by Gasteiger charge is -2.25. The summed E-state index contributed by atoms with van der Waals surface area (Å²) >= 11 is 0. The van der Waals surface area contributed by atoms with Gasteiger partial charge in [-0.3, -0.25) is 0 Å². The summed E-state index contributed by atoms with van der Waals surface area (Å²) in [5, 5.41) is 7.51. The second-order valence-electron chi connectivity index (χ2n) is 10.3. The molecule has 0 aliphatic heterocycles. The van der Waals surface area contributed by atoms with Crippen LogP contribution in [0.3, 0.4) is 0 Å². The highest BCUT2D eigenvalue weighted by Crippen LogP contribution is 2.40. The zero-order valence-corrected chi connectivity index (χ0v) is 21.9. The molecule has 7 aromatic carbocycles. The predicted octanol–water partition coefficient (Wildman–Crippen LogP) is 10.6. The summed E-state index contributed by atoms with van der Waals surface area (Å²) in [5.41, 5.74) is 7.02. The Morgan fingerprint density at radius 2 is 0.950 bits per heavy atom. The van der Waals surface area contributed by atoms with Crippen LogP contribution in [0.5, 0.6) is 0 Å². The fourth-order valence-electron chi connectivity index (χ4n) is 6.11. The molecule has 0 fully saturated rings. The van der Waals surface area contributed by atoms with Crippen molar-refractivity contribution in [2.75, 3.05) is 4.90 Å². The van der Waals surface area contributed by atoms with Gasteiger partial charge in [-0.1, -0.05) is 91.0 Å². The smallest absolute Gasteiger partial charge is 0.0542 e. The van der Waals surface area contributed by atoms with Gasteiger partial charge in [0.05, 0.1) is 16.7 Å². The third-order valence-corrected chi connectivity index (χ3v) is 7.91. The van der Waals surface area contributed by atoms with Crippen molar-refractivity contribution < 1.29 is 0 Å². The van der Waals surface area contributed by atoms with E-state index in [1.54, 1.807) is 0 Å². The molecule has 8 aromatic rings. The number of anilines is 3. The second-order valence-corrected chi connectivity index (χ2v) is 10.3. The van der Waals surface area contributed by atoms with Crippen LogP contribution >= 0.6 is 0 Å². The molecule has 188 valence electrons. The van der Waals surface area contributed by atoms with E-state index in [1.807, 2.05) is 0 Å². The summed E-state index contributed by atoms with van der Waals surface area (Å²) in [6.07, 6.45) is 0. The first-order valence-corrected chi connectivity index (χ1v) is 13.7. The van der Waals surface area contributed by atoms with Gasteiger partial charge in [-0.05, 0) is 82.9 Å². The summed E-state index contributed by atoms with van der Waals surface area (Å²) in [7, 11) is 0. The van der Waals surface area contributed by atoms with Crippen molar-refractivity contribution in [1.82, 2.24) is 4.57 Å². The van der Waals surface area contributed by atoms with Gasteiger partial charge in [0, 0.05) is 33.2 Å². The molecule has 8 rings (SSSR count). The highest BCUT2D eigenvalue weighted by atomic mass is 15.1. The summed E-state index contributed by atoms with van der Waals surface area (Å²) in [6.45, 7) is 0. The van der Waals surface area contributed by atoms with Crippen LogP contribution < -0.4 is 4.90 Å². The summed E-state index contributed by atoms with van der Waals surface area (Å²) in [4.78, 5) is 2.33. The van der Waals surface area contributed by atoms with E-state index in [0.29, 0.717) is 0 Å². The number of benzene rings is 7. The lowest BCUT2D eigenvalue weighted by molar-refractivity contribution is 1.20. The van der Waals surface area contributed by atoms with E-state index in [-0.39, 0.29) is 0 Å². The van der Waals surface area contributed by atoms with Gasteiger partial charge in [-0.2, -0.15) is 0 Å². The van der Waals surface area contributed by atoms with Crippen molar-refractivity contribution in [2.45, 2.75) is 0 Å². The molecule has 1 heterocycles. The molecule has 0 N–H and O–H groups in total. The first-order chi connectivity index (χ1) is 19.8. The SMILES string of the molecule is c1ccc(N(c2ccccc2)c2ccc3c(c2)c2ccccc2n3-c2cccc3cc4ccccc4cc23)cc1. The predicted molar refractivity (Wildman–Crippen MR) is 170 cm³/mol. The molecule has 0 unspecified atom stereocenters. The Morgan fingerprint density at radius 1 is 0.350 bits per heavy atom. The minimum absolute atomic E-state index is 1.14. The summed E-state index contributed by atoms with van der Waals surface area (Å²) in [6, 6.07) is 56.7. The fourth-order valence-corrected chi connectivity index (χ4v) is 6.11. The van der Waals surface area contributed by atoms with Crippen molar-refractivity contribution in [3.63, 3.8) is 0 Å². The van der Waals surface area contributed by atoms with E-state index in [1.165, 1.54) is 49.0 Å². The highest BCUT2D eigenvalue weighted by molar-refractivity contribution is 6.12. The Bertz CT molecular complexity index is 2120. The lowest BCUT2D eigenvalue weighted by Crippen LogP contribution is -2.09. The van der Waals surface area contributed by atoms with Gasteiger partial charge in [0.25, 0.3) is 0 Å². The van der Waals surface area contributed by atoms with Gasteiger partial charge in [0.1, 0.15) is 0 Å². The molecule has 40 heavy (non-hydrogen) atoms. The molecule has 0 aliphatic carbocycles. The topological polar surface area (TPSA) is 8.17 Å². The van der Waals surface area contributed by atoms with Crippen LogP contribution in [0.4, 0.5) is 17.1 Å². The molecule has 0 atom stereocenters. The first-order valence-electron chi connectivity index (χ1n) is 13.7. The number of fused-ring (bicyclic) bond motifs is 5. The zero-order valence-electron chi connectivity index (χ0n) is 21.9. The molecule has 0 amide bonds. The fraction of sp³-hybridized carbons (Fsp3) is 0. The number of hydrogen-bond acceptors (Lipinski definition) is 1. The molecular weight excluding hydrogens is 484 g/mol. The van der Waals surface area contributed by atoms with E-state index in [9.17, 15) is 0 Å². The monoisotopic (exact) mass is 510 g/mol. The third-order valence-electron chi connectivity index (χ3n) is 7.91. The molecule has 0 bridgehead atoms. The van der Waals surface area contributed by atoms with Gasteiger partial charge in [0.2, 0.25) is 0 Å². The Morgan fingerprint density at radius 3 is 1.70 bits per heavy atom. The van der Waals surface area contributed by atoms with E-state index >= 15 is 0 Å². The van der Waals surface area contributed by atoms with Gasteiger partial charge < -0.3 is 9.47 Å². The van der Waals surface area contributed by atoms with Gasteiger partial charge in [-0.25, -0.2) is 0 Å². The standard InChI is InChI=1S/C38H26N2/c1-3-15-30(16-4-1)39(31-17-5-2-6-18-31)32-22-23-38-35(26-32)33-19-9-10-20-36(33)40(38)37-21-11-14-29-24-27-12-7-8-13-28(27)25-34(29)37/h1-26H.